The number of ether oxygens (including phenoxy) is 3. The predicted octanol–water partition coefficient (Wildman–Crippen LogP) is 1.45. The Balaban J connectivity index is 1.62. The summed E-state index contributed by atoms with van der Waals surface area (Å²) in [6.45, 7) is 5.10. The maximum Gasteiger partial charge on any atom is 0.224 e. The van der Waals surface area contributed by atoms with E-state index in [0.717, 1.165) is 39.3 Å². The first kappa shape index (κ1) is 15.8. The highest BCUT2D eigenvalue weighted by Gasteiger charge is 2.12. The molecule has 0 radical (unpaired) electrons. The SMILES string of the molecule is COc1cc2ncnc(OCCCN3CCOCC3)c2cc1O. The van der Waals surface area contributed by atoms with E-state index in [0.29, 0.717) is 29.1 Å². The minimum absolute atomic E-state index is 0.0490. The zero-order chi connectivity index (χ0) is 16.1. The Hall–Kier alpha value is -2.12. The smallest absolute Gasteiger partial charge is 0.224 e. The molecule has 0 spiro atoms. The van der Waals surface area contributed by atoms with Crippen molar-refractivity contribution in [1.29, 1.82) is 0 Å². The van der Waals surface area contributed by atoms with Crippen molar-refractivity contribution >= 4 is 10.9 Å². The summed E-state index contributed by atoms with van der Waals surface area (Å²) in [7, 11) is 1.51. The van der Waals surface area contributed by atoms with Crippen LogP contribution in [0.1, 0.15) is 6.42 Å². The molecule has 1 aromatic heterocycles. The fourth-order valence-electron chi connectivity index (χ4n) is 2.61. The second kappa shape index (κ2) is 7.43. The molecular formula is C16H21N3O4. The quantitative estimate of drug-likeness (QED) is 0.807. The summed E-state index contributed by atoms with van der Waals surface area (Å²) in [6.07, 6.45) is 2.36. The molecule has 1 aliphatic heterocycles. The lowest BCUT2D eigenvalue weighted by Gasteiger charge is -2.26. The van der Waals surface area contributed by atoms with Gasteiger partial charge in [-0.25, -0.2) is 9.97 Å². The average Bonchev–Trinajstić information content (AvgIpc) is 2.59. The summed E-state index contributed by atoms with van der Waals surface area (Å²) in [6, 6.07) is 3.25. The van der Waals surface area contributed by atoms with Gasteiger partial charge >= 0.3 is 0 Å². The van der Waals surface area contributed by atoms with E-state index in [4.69, 9.17) is 14.2 Å². The highest BCUT2D eigenvalue weighted by Crippen LogP contribution is 2.33. The standard InChI is InChI=1S/C16H21N3O4/c1-21-15-10-13-12(9-14(15)20)16(18-11-17-13)23-6-2-3-19-4-7-22-8-5-19/h9-11,20H,2-8H2,1H3. The van der Waals surface area contributed by atoms with Crippen LogP contribution in [0.4, 0.5) is 0 Å². The van der Waals surface area contributed by atoms with Gasteiger partial charge in [0.15, 0.2) is 11.5 Å². The fourth-order valence-corrected chi connectivity index (χ4v) is 2.61. The van der Waals surface area contributed by atoms with E-state index in [-0.39, 0.29) is 5.75 Å². The first-order valence-corrected chi connectivity index (χ1v) is 7.72. The van der Waals surface area contributed by atoms with Gasteiger partial charge in [-0.3, -0.25) is 4.90 Å². The summed E-state index contributed by atoms with van der Waals surface area (Å²) in [5, 5.41) is 10.6. The topological polar surface area (TPSA) is 76.9 Å². The summed E-state index contributed by atoms with van der Waals surface area (Å²) < 4.78 is 16.2. The molecule has 1 aromatic carbocycles. The normalized spacial score (nSPS) is 15.7. The fraction of sp³-hybridized carbons (Fsp3) is 0.500. The molecule has 0 unspecified atom stereocenters. The van der Waals surface area contributed by atoms with Crippen molar-refractivity contribution < 1.29 is 19.3 Å². The molecule has 7 heteroatoms. The van der Waals surface area contributed by atoms with Gasteiger partial charge in [0.05, 0.1) is 37.8 Å². The molecular weight excluding hydrogens is 298 g/mol. The number of phenolic OH excluding ortho intramolecular Hbond substituents is 1. The number of aromatic nitrogens is 2. The van der Waals surface area contributed by atoms with Gasteiger partial charge in [0.25, 0.3) is 0 Å². The van der Waals surface area contributed by atoms with Gasteiger partial charge in [0.2, 0.25) is 5.88 Å². The lowest BCUT2D eigenvalue weighted by Crippen LogP contribution is -2.37. The largest absolute Gasteiger partial charge is 0.504 e. The van der Waals surface area contributed by atoms with Crippen molar-refractivity contribution in [2.45, 2.75) is 6.42 Å². The summed E-state index contributed by atoms with van der Waals surface area (Å²) >= 11 is 0. The van der Waals surface area contributed by atoms with Crippen LogP contribution < -0.4 is 9.47 Å². The zero-order valence-electron chi connectivity index (χ0n) is 13.2. The van der Waals surface area contributed by atoms with E-state index in [1.807, 2.05) is 0 Å². The first-order valence-electron chi connectivity index (χ1n) is 7.72. The number of morpholine rings is 1. The van der Waals surface area contributed by atoms with Gasteiger partial charge in [0.1, 0.15) is 6.33 Å². The zero-order valence-corrected chi connectivity index (χ0v) is 13.2. The molecule has 23 heavy (non-hydrogen) atoms. The molecule has 0 amide bonds. The number of hydrogen-bond acceptors (Lipinski definition) is 7. The van der Waals surface area contributed by atoms with Crippen LogP contribution in [-0.4, -0.2) is 66.5 Å². The number of aromatic hydroxyl groups is 1. The monoisotopic (exact) mass is 319 g/mol. The maximum atomic E-state index is 9.92. The molecule has 1 aliphatic rings. The Morgan fingerprint density at radius 2 is 2.09 bits per heavy atom. The van der Waals surface area contributed by atoms with Gasteiger partial charge in [-0.1, -0.05) is 0 Å². The van der Waals surface area contributed by atoms with Crippen LogP contribution in [0, 0.1) is 0 Å². The second-order valence-corrected chi connectivity index (χ2v) is 5.38. The van der Waals surface area contributed by atoms with Crippen molar-refractivity contribution in [3.05, 3.63) is 18.5 Å². The van der Waals surface area contributed by atoms with Crippen molar-refractivity contribution in [3.8, 4) is 17.4 Å². The van der Waals surface area contributed by atoms with Crippen molar-refractivity contribution in [2.24, 2.45) is 0 Å². The van der Waals surface area contributed by atoms with E-state index in [1.165, 1.54) is 13.4 Å². The Bertz CT molecular complexity index is 659. The number of nitrogens with zero attached hydrogens (tertiary/aromatic N) is 3. The Morgan fingerprint density at radius 3 is 2.87 bits per heavy atom. The van der Waals surface area contributed by atoms with Crippen LogP contribution in [-0.2, 0) is 4.74 Å². The van der Waals surface area contributed by atoms with Crippen LogP contribution >= 0.6 is 0 Å². The van der Waals surface area contributed by atoms with Gasteiger partial charge in [-0.15, -0.1) is 0 Å². The van der Waals surface area contributed by atoms with E-state index >= 15 is 0 Å². The number of benzene rings is 1. The first-order chi connectivity index (χ1) is 11.3. The molecule has 124 valence electrons. The minimum Gasteiger partial charge on any atom is -0.504 e. The molecule has 1 fully saturated rings. The third-order valence-corrected chi connectivity index (χ3v) is 3.86. The Morgan fingerprint density at radius 1 is 1.26 bits per heavy atom. The number of hydrogen-bond donors (Lipinski definition) is 1. The van der Waals surface area contributed by atoms with Crippen LogP contribution in [0.3, 0.4) is 0 Å². The summed E-state index contributed by atoms with van der Waals surface area (Å²) in [4.78, 5) is 10.7. The highest BCUT2D eigenvalue weighted by atomic mass is 16.5. The summed E-state index contributed by atoms with van der Waals surface area (Å²) in [5.41, 5.74) is 0.679. The van der Waals surface area contributed by atoms with E-state index in [2.05, 4.69) is 14.9 Å². The summed E-state index contributed by atoms with van der Waals surface area (Å²) in [5.74, 6) is 0.914. The molecule has 1 N–H and O–H groups in total. The van der Waals surface area contributed by atoms with Gasteiger partial charge in [-0.2, -0.15) is 0 Å². The van der Waals surface area contributed by atoms with Crippen LogP contribution in [0.5, 0.6) is 17.4 Å². The predicted molar refractivity (Wildman–Crippen MR) is 85.1 cm³/mol. The minimum atomic E-state index is 0.0490. The molecule has 1 saturated heterocycles. The molecule has 0 bridgehead atoms. The molecule has 2 heterocycles. The van der Waals surface area contributed by atoms with Gasteiger partial charge < -0.3 is 19.3 Å². The van der Waals surface area contributed by atoms with Crippen LogP contribution in [0.2, 0.25) is 0 Å². The lowest BCUT2D eigenvalue weighted by atomic mass is 10.2. The number of fused-ring (bicyclic) bond motifs is 1. The van der Waals surface area contributed by atoms with Crippen molar-refractivity contribution in [3.63, 3.8) is 0 Å². The van der Waals surface area contributed by atoms with Crippen molar-refractivity contribution in [1.82, 2.24) is 14.9 Å². The Kier molecular flexibility index (Phi) is 5.09. The number of methoxy groups -OCH3 is 1. The Labute approximate surface area is 134 Å². The average molecular weight is 319 g/mol. The molecule has 0 atom stereocenters. The molecule has 3 rings (SSSR count). The number of rotatable bonds is 6. The molecule has 7 nitrogen and oxygen atoms in total. The molecule has 0 aliphatic carbocycles. The third-order valence-electron chi connectivity index (χ3n) is 3.86. The third kappa shape index (κ3) is 3.80. The van der Waals surface area contributed by atoms with E-state index in [9.17, 15) is 5.11 Å². The lowest BCUT2D eigenvalue weighted by molar-refractivity contribution is 0.0357. The maximum absolute atomic E-state index is 9.92. The van der Waals surface area contributed by atoms with E-state index in [1.54, 1.807) is 12.1 Å². The molecule has 0 saturated carbocycles. The van der Waals surface area contributed by atoms with E-state index < -0.39 is 0 Å². The second-order valence-electron chi connectivity index (χ2n) is 5.38. The van der Waals surface area contributed by atoms with Crippen LogP contribution in [0.25, 0.3) is 10.9 Å². The highest BCUT2D eigenvalue weighted by molar-refractivity contribution is 5.86. The number of phenols is 1. The van der Waals surface area contributed by atoms with Gasteiger partial charge in [-0.05, 0) is 12.5 Å². The van der Waals surface area contributed by atoms with Crippen LogP contribution in [0.15, 0.2) is 18.5 Å². The van der Waals surface area contributed by atoms with Gasteiger partial charge in [0, 0.05) is 25.7 Å². The molecule has 2 aromatic rings. The van der Waals surface area contributed by atoms with Crippen molar-refractivity contribution in [2.75, 3.05) is 46.6 Å².